The smallest absolute Gasteiger partial charge is 0.119 e. The topological polar surface area (TPSA) is 83.0 Å². The predicted octanol–water partition coefficient (Wildman–Crippen LogP) is 5.48. The molecule has 0 bridgehead atoms. The summed E-state index contributed by atoms with van der Waals surface area (Å²) in [5.41, 5.74) is 4.49. The lowest BCUT2D eigenvalue weighted by Crippen LogP contribution is -2.37. The highest BCUT2D eigenvalue weighted by Crippen LogP contribution is 2.19. The van der Waals surface area contributed by atoms with Gasteiger partial charge in [0.1, 0.15) is 30.8 Å². The van der Waals surface area contributed by atoms with E-state index in [-0.39, 0.29) is 18.7 Å². The van der Waals surface area contributed by atoms with Crippen LogP contribution >= 0.6 is 0 Å². The fraction of sp³-hybridized carbons (Fsp3) is 0.333. The van der Waals surface area contributed by atoms with Gasteiger partial charge in [-0.1, -0.05) is 84.9 Å². The molecule has 0 spiro atoms. The third kappa shape index (κ3) is 11.0. The highest BCUT2D eigenvalue weighted by Gasteiger charge is 2.12. The predicted molar refractivity (Wildman–Crippen MR) is 169 cm³/mol. The van der Waals surface area contributed by atoms with Crippen LogP contribution in [0.4, 0.5) is 0 Å². The first-order valence-corrected chi connectivity index (χ1v) is 14.8. The van der Waals surface area contributed by atoms with E-state index in [1.54, 1.807) is 0 Å². The van der Waals surface area contributed by atoms with E-state index in [2.05, 4.69) is 48.7 Å². The monoisotopic (exact) mass is 568 g/mol. The van der Waals surface area contributed by atoms with Gasteiger partial charge in [0, 0.05) is 25.2 Å². The molecule has 222 valence electrons. The van der Waals surface area contributed by atoms with E-state index in [1.165, 1.54) is 11.1 Å². The zero-order chi connectivity index (χ0) is 29.6. The van der Waals surface area contributed by atoms with Crippen molar-refractivity contribution in [1.82, 2.24) is 10.6 Å². The number of rotatable bonds is 17. The second kappa shape index (κ2) is 16.7. The van der Waals surface area contributed by atoms with Crippen LogP contribution < -0.4 is 20.1 Å². The Morgan fingerprint density at radius 1 is 0.571 bits per heavy atom. The molecular formula is C36H44N2O4. The molecule has 6 heteroatoms. The summed E-state index contributed by atoms with van der Waals surface area (Å²) in [6, 6.07) is 36.4. The van der Waals surface area contributed by atoms with Crippen molar-refractivity contribution in [2.75, 3.05) is 19.7 Å². The number of hydrogen-bond donors (Lipinski definition) is 4. The summed E-state index contributed by atoms with van der Waals surface area (Å²) in [4.78, 5) is 0. The van der Waals surface area contributed by atoms with Gasteiger partial charge in [-0.2, -0.15) is 0 Å². The van der Waals surface area contributed by atoms with Gasteiger partial charge in [0.2, 0.25) is 0 Å². The maximum atomic E-state index is 10.7. The van der Waals surface area contributed by atoms with Crippen LogP contribution in [0.15, 0.2) is 109 Å². The molecule has 0 amide bonds. The van der Waals surface area contributed by atoms with Crippen molar-refractivity contribution in [3.05, 3.63) is 131 Å². The van der Waals surface area contributed by atoms with Crippen molar-refractivity contribution in [2.45, 2.75) is 57.6 Å². The van der Waals surface area contributed by atoms with Crippen molar-refractivity contribution in [2.24, 2.45) is 0 Å². The van der Waals surface area contributed by atoms with Gasteiger partial charge in [0.05, 0.1) is 6.10 Å². The van der Waals surface area contributed by atoms with E-state index in [1.807, 2.05) is 84.9 Å². The maximum Gasteiger partial charge on any atom is 0.119 e. The van der Waals surface area contributed by atoms with Crippen LogP contribution in [0.1, 0.15) is 42.2 Å². The van der Waals surface area contributed by atoms with Gasteiger partial charge in [-0.3, -0.25) is 0 Å². The number of hydrogen-bond acceptors (Lipinski definition) is 6. The van der Waals surface area contributed by atoms with Crippen LogP contribution in [0.5, 0.6) is 11.5 Å². The molecule has 4 N–H and O–H groups in total. The highest BCUT2D eigenvalue weighted by atomic mass is 16.5. The Kier molecular flexibility index (Phi) is 12.4. The van der Waals surface area contributed by atoms with Crippen LogP contribution in [0.2, 0.25) is 0 Å². The molecule has 4 aromatic rings. The summed E-state index contributed by atoms with van der Waals surface area (Å²) in [7, 11) is 0. The molecule has 0 aliphatic rings. The lowest BCUT2D eigenvalue weighted by Gasteiger charge is -2.19. The standard InChI is InChI=1S/C36H44N2O4/c1-27(37-23-33(39)26-42-34-11-7-4-8-12-34)21-29-13-15-30(16-14-29)22-28(2)38-24-36(40)32-17-19-35(20-18-32)41-25-31-9-5-3-6-10-31/h3-20,27-28,33,36-40H,21-26H2,1-2H3/t27?,28?,33-,36?/m1/s1. The molecule has 4 rings (SSSR count). The molecule has 6 nitrogen and oxygen atoms in total. The summed E-state index contributed by atoms with van der Waals surface area (Å²) in [6.45, 7) is 6.01. The van der Waals surface area contributed by atoms with Gasteiger partial charge in [0.15, 0.2) is 0 Å². The lowest BCUT2D eigenvalue weighted by atomic mass is 10.0. The van der Waals surface area contributed by atoms with E-state index in [0.29, 0.717) is 19.7 Å². The van der Waals surface area contributed by atoms with E-state index >= 15 is 0 Å². The molecule has 0 aromatic heterocycles. The minimum atomic E-state index is -0.588. The number of aliphatic hydroxyl groups excluding tert-OH is 2. The minimum absolute atomic E-state index is 0.221. The Balaban J connectivity index is 1.12. The summed E-state index contributed by atoms with van der Waals surface area (Å²) >= 11 is 0. The highest BCUT2D eigenvalue weighted by molar-refractivity contribution is 5.29. The molecule has 0 aliphatic carbocycles. The lowest BCUT2D eigenvalue weighted by molar-refractivity contribution is 0.104. The average molecular weight is 569 g/mol. The molecule has 4 atom stereocenters. The number of aliphatic hydroxyl groups is 2. The van der Waals surface area contributed by atoms with Crippen LogP contribution in [0.3, 0.4) is 0 Å². The molecule has 0 fully saturated rings. The van der Waals surface area contributed by atoms with E-state index in [4.69, 9.17) is 9.47 Å². The normalized spacial score (nSPS) is 14.1. The number of ether oxygens (including phenoxy) is 2. The molecule has 0 heterocycles. The van der Waals surface area contributed by atoms with E-state index in [0.717, 1.165) is 35.5 Å². The van der Waals surface area contributed by atoms with Crippen LogP contribution in [0.25, 0.3) is 0 Å². The van der Waals surface area contributed by atoms with Gasteiger partial charge in [-0.15, -0.1) is 0 Å². The molecule has 0 saturated carbocycles. The molecule has 4 aromatic carbocycles. The largest absolute Gasteiger partial charge is 0.491 e. The molecule has 0 aliphatic heterocycles. The first-order valence-electron chi connectivity index (χ1n) is 14.8. The Morgan fingerprint density at radius 3 is 1.69 bits per heavy atom. The zero-order valence-corrected chi connectivity index (χ0v) is 24.7. The number of nitrogens with one attached hydrogen (secondary N) is 2. The number of benzene rings is 4. The zero-order valence-electron chi connectivity index (χ0n) is 24.7. The van der Waals surface area contributed by atoms with Gasteiger partial charge in [0.25, 0.3) is 0 Å². The Bertz CT molecular complexity index is 1280. The quantitative estimate of drug-likeness (QED) is 0.135. The first kappa shape index (κ1) is 31.3. The van der Waals surface area contributed by atoms with Gasteiger partial charge in [-0.25, -0.2) is 0 Å². The third-order valence-electron chi connectivity index (χ3n) is 7.17. The Labute approximate surface area is 250 Å². The van der Waals surface area contributed by atoms with E-state index in [9.17, 15) is 10.2 Å². The summed E-state index contributed by atoms with van der Waals surface area (Å²) in [5.74, 6) is 1.55. The van der Waals surface area contributed by atoms with Crippen molar-refractivity contribution in [3.63, 3.8) is 0 Å². The van der Waals surface area contributed by atoms with Crippen molar-refractivity contribution in [1.29, 1.82) is 0 Å². The van der Waals surface area contributed by atoms with E-state index < -0.39 is 12.2 Å². The molecule has 0 saturated heterocycles. The fourth-order valence-electron chi connectivity index (χ4n) is 4.73. The molecular weight excluding hydrogens is 524 g/mol. The van der Waals surface area contributed by atoms with Crippen molar-refractivity contribution in [3.8, 4) is 11.5 Å². The van der Waals surface area contributed by atoms with Crippen LogP contribution in [-0.4, -0.2) is 48.1 Å². The maximum absolute atomic E-state index is 10.7. The van der Waals surface area contributed by atoms with Crippen LogP contribution in [0, 0.1) is 0 Å². The van der Waals surface area contributed by atoms with Gasteiger partial charge < -0.3 is 30.3 Å². The first-order chi connectivity index (χ1) is 20.4. The second-order valence-corrected chi connectivity index (χ2v) is 11.0. The SMILES string of the molecule is CC(Cc1ccc(CC(C)NC[C@@H](O)COc2ccccc2)cc1)NCC(O)c1ccc(OCc2ccccc2)cc1. The number of para-hydroxylation sites is 1. The minimum Gasteiger partial charge on any atom is -0.491 e. The fourth-order valence-corrected chi connectivity index (χ4v) is 4.73. The Morgan fingerprint density at radius 2 is 1.10 bits per heavy atom. The second-order valence-electron chi connectivity index (χ2n) is 11.0. The molecule has 42 heavy (non-hydrogen) atoms. The molecule has 3 unspecified atom stereocenters. The third-order valence-corrected chi connectivity index (χ3v) is 7.17. The summed E-state index contributed by atoms with van der Waals surface area (Å²) < 4.78 is 11.5. The van der Waals surface area contributed by atoms with Crippen molar-refractivity contribution >= 4 is 0 Å². The van der Waals surface area contributed by atoms with Gasteiger partial charge >= 0.3 is 0 Å². The Hall–Kier alpha value is -3.68. The summed E-state index contributed by atoms with van der Waals surface area (Å²) in [5, 5.41) is 27.8. The average Bonchev–Trinajstić information content (AvgIpc) is 3.03. The van der Waals surface area contributed by atoms with Crippen LogP contribution in [-0.2, 0) is 19.4 Å². The summed E-state index contributed by atoms with van der Waals surface area (Å²) in [6.07, 6.45) is 0.597. The van der Waals surface area contributed by atoms with Crippen molar-refractivity contribution < 1.29 is 19.7 Å². The molecule has 0 radical (unpaired) electrons. The van der Waals surface area contributed by atoms with Gasteiger partial charge in [-0.05, 0) is 73.2 Å².